The van der Waals surface area contributed by atoms with Gasteiger partial charge in [-0.15, -0.1) is 0 Å². The fourth-order valence-electron chi connectivity index (χ4n) is 6.04. The molecule has 2 saturated heterocycles. The van der Waals surface area contributed by atoms with Crippen molar-refractivity contribution >= 4 is 61.2 Å². The maximum absolute atomic E-state index is 12.3. The predicted molar refractivity (Wildman–Crippen MR) is 266 cm³/mol. The number of hydrogen-bond donors (Lipinski definition) is 0. The molecule has 2 aliphatic rings. The van der Waals surface area contributed by atoms with Crippen LogP contribution in [0.5, 0.6) is 34.5 Å². The topological polar surface area (TPSA) is 288 Å². The molecule has 0 N–H and O–H groups in total. The lowest BCUT2D eigenvalue weighted by Gasteiger charge is -2.09. The van der Waals surface area contributed by atoms with Crippen molar-refractivity contribution in [3.8, 4) is 34.5 Å². The van der Waals surface area contributed by atoms with Crippen LogP contribution in [0.3, 0.4) is 0 Å². The molecular weight excluding hydrogens is 1050 g/mol. The minimum atomic E-state index is -3.29. The highest BCUT2D eigenvalue weighted by Crippen LogP contribution is 2.35. The van der Waals surface area contributed by atoms with Crippen molar-refractivity contribution in [1.82, 2.24) is 0 Å². The summed E-state index contributed by atoms with van der Waals surface area (Å²) < 4.78 is 98.3. The average Bonchev–Trinajstić information content (AvgIpc) is 4.30. The predicted octanol–water partition coefficient (Wildman–Crippen LogP) is 9.78. The maximum Gasteiger partial charge on any atom is 0.519 e. The van der Waals surface area contributed by atoms with Gasteiger partial charge in [-0.3, -0.25) is 10.1 Å². The van der Waals surface area contributed by atoms with Crippen molar-refractivity contribution in [3.05, 3.63) is 181 Å². The average molecular weight is 1090 g/mol. The van der Waals surface area contributed by atoms with Crippen LogP contribution in [-0.4, -0.2) is 67.6 Å². The summed E-state index contributed by atoms with van der Waals surface area (Å²) in [5, 5.41) is 10.9. The Balaban J connectivity index is 0.000000168. The molecule has 7 aromatic rings. The van der Waals surface area contributed by atoms with Gasteiger partial charge in [-0.05, 0) is 118 Å². The number of hydrogen-bond acceptors (Lipinski definition) is 22. The van der Waals surface area contributed by atoms with Crippen molar-refractivity contribution in [2.24, 2.45) is 0 Å². The smallest absolute Gasteiger partial charge is 0.457 e. The number of aryl methyl sites for hydroxylation is 3. The van der Waals surface area contributed by atoms with Gasteiger partial charge in [0.05, 0.1) is 26.2 Å². The van der Waals surface area contributed by atoms with Crippen molar-refractivity contribution in [2.45, 2.75) is 54.3 Å². The highest BCUT2D eigenvalue weighted by molar-refractivity contribution is 8.08. The quantitative estimate of drug-likeness (QED) is 0.0269. The number of benzene rings is 5. The van der Waals surface area contributed by atoms with Crippen LogP contribution in [0.15, 0.2) is 158 Å². The molecule has 388 valence electrons. The summed E-state index contributed by atoms with van der Waals surface area (Å²) in [6, 6.07) is 31.6. The molecule has 9 rings (SSSR count). The number of thioether (sulfide) groups is 2. The molecule has 0 spiro atoms. The van der Waals surface area contributed by atoms with Crippen LogP contribution >= 0.6 is 23.5 Å². The molecule has 21 nitrogen and oxygen atoms in total. The van der Waals surface area contributed by atoms with Crippen molar-refractivity contribution in [1.29, 1.82) is 0 Å². The van der Waals surface area contributed by atoms with Gasteiger partial charge in [0.15, 0.2) is 55.9 Å². The van der Waals surface area contributed by atoms with E-state index in [1.165, 1.54) is 67.9 Å². The third-order valence-corrected chi connectivity index (χ3v) is 16.1. The molecule has 25 heteroatoms. The van der Waals surface area contributed by atoms with Gasteiger partial charge in [0.1, 0.15) is 34.5 Å². The summed E-state index contributed by atoms with van der Waals surface area (Å²) in [6.45, 7) is 4.37. The van der Waals surface area contributed by atoms with Gasteiger partial charge in [-0.25, -0.2) is 36.0 Å². The molecule has 0 radical (unpaired) electrons. The largest absolute Gasteiger partial charge is 0.519 e. The third kappa shape index (κ3) is 16.7. The first-order chi connectivity index (χ1) is 35.3. The van der Waals surface area contributed by atoms with Crippen LogP contribution in [0.2, 0.25) is 0 Å². The molecule has 4 heterocycles. The Kier molecular flexibility index (Phi) is 17.8. The monoisotopic (exact) mass is 1090 g/mol. The van der Waals surface area contributed by atoms with E-state index in [1.54, 1.807) is 72.1 Å². The number of nitrogens with zero attached hydrogens (tertiary/aromatic N) is 1. The third-order valence-electron chi connectivity index (χ3n) is 10.1. The number of sulfone groups is 2. The van der Waals surface area contributed by atoms with Crippen LogP contribution in [-0.2, 0) is 42.4 Å². The van der Waals surface area contributed by atoms with Gasteiger partial charge < -0.3 is 46.1 Å². The molecule has 74 heavy (non-hydrogen) atoms. The Bertz CT molecular complexity index is 3390. The van der Waals surface area contributed by atoms with Crippen molar-refractivity contribution < 1.29 is 77.4 Å². The van der Waals surface area contributed by atoms with Crippen molar-refractivity contribution in [3.63, 3.8) is 0 Å². The fraction of sp³-hybridized carbons (Fsp3) is 0.224. The number of non-ortho nitro benzene ring substituents is 1. The standard InChI is InChI=1S/C21H18O9S2.C16H16O3S2.C12H9NO8/c1-13-19(30-21(23)27-13)10-26-20(22)29-16-4-2-14(3-5-16)28-15-6-8-18(9-7-15)32(24,25)12-17-11-31-17;1-12-2-4-13(5-3-12)19-14-6-8-16(9-7-14)21(17,18)11-15-10-20-15;1-7-10(21-12(15)19-7)6-18-11(14)20-9-4-2-8(3-5-9)13(16)17/h2-9,17H,10-12H2,1H3;2-9,15H,10-11H2,1H3;2-5H,6H2,1H3. The first-order valence-electron chi connectivity index (χ1n) is 21.8. The number of ether oxygens (including phenoxy) is 6. The minimum absolute atomic E-state index is 0.0700. The zero-order valence-electron chi connectivity index (χ0n) is 39.2. The fourth-order valence-corrected chi connectivity index (χ4v) is 11.4. The zero-order valence-corrected chi connectivity index (χ0v) is 42.5. The molecule has 2 aromatic heterocycles. The second kappa shape index (κ2) is 24.3. The van der Waals surface area contributed by atoms with E-state index < -0.39 is 48.6 Å². The lowest BCUT2D eigenvalue weighted by molar-refractivity contribution is -0.384. The molecular formula is C49H43NO20S4. The summed E-state index contributed by atoms with van der Waals surface area (Å²) in [7, 11) is -6.46. The Morgan fingerprint density at radius 1 is 0.541 bits per heavy atom. The molecule has 5 aromatic carbocycles. The lowest BCUT2D eigenvalue weighted by Crippen LogP contribution is -2.10. The molecule has 0 aliphatic carbocycles. The van der Waals surface area contributed by atoms with E-state index in [-0.39, 0.29) is 80.3 Å². The van der Waals surface area contributed by atoms with Crippen molar-refractivity contribution in [2.75, 3.05) is 23.0 Å². The van der Waals surface area contributed by atoms with E-state index >= 15 is 0 Å². The Morgan fingerprint density at radius 2 is 0.865 bits per heavy atom. The summed E-state index contributed by atoms with van der Waals surface area (Å²) in [4.78, 5) is 55.4. The van der Waals surface area contributed by atoms with Gasteiger partial charge in [-0.1, -0.05) is 17.7 Å². The van der Waals surface area contributed by atoms with Crippen LogP contribution in [0.1, 0.15) is 28.6 Å². The van der Waals surface area contributed by atoms with E-state index in [9.17, 15) is 46.1 Å². The Hall–Kier alpha value is -7.74. The number of nitro benzene ring substituents is 1. The number of nitro groups is 1. The summed E-state index contributed by atoms with van der Waals surface area (Å²) in [6.07, 6.45) is -2.03. The van der Waals surface area contributed by atoms with Gasteiger partial charge in [0, 0.05) is 34.1 Å². The first-order valence-corrected chi connectivity index (χ1v) is 27.2. The summed E-state index contributed by atoms with van der Waals surface area (Å²) in [5.41, 5.74) is 1.04. The van der Waals surface area contributed by atoms with E-state index in [4.69, 9.17) is 32.8 Å². The van der Waals surface area contributed by atoms with Crippen LogP contribution in [0, 0.1) is 30.9 Å². The molecule has 2 atom stereocenters. The van der Waals surface area contributed by atoms with Crippen LogP contribution in [0.4, 0.5) is 15.3 Å². The normalized spacial score (nSPS) is 14.4. The van der Waals surface area contributed by atoms with E-state index in [0.717, 1.165) is 17.3 Å². The highest BCUT2D eigenvalue weighted by atomic mass is 32.2. The Labute approximate surface area is 429 Å². The highest BCUT2D eigenvalue weighted by Gasteiger charge is 2.31. The van der Waals surface area contributed by atoms with Gasteiger partial charge in [0.25, 0.3) is 5.69 Å². The minimum Gasteiger partial charge on any atom is -0.457 e. The number of carbonyl (C=O) groups is 2. The van der Waals surface area contributed by atoms with Gasteiger partial charge >= 0.3 is 24.0 Å². The first kappa shape index (κ1) is 54.0. The second-order valence-electron chi connectivity index (χ2n) is 15.8. The number of carbonyl (C=O) groups excluding carboxylic acids is 2. The summed E-state index contributed by atoms with van der Waals surface area (Å²) in [5.74, 6) is 3.64. The Morgan fingerprint density at radius 3 is 1.19 bits per heavy atom. The van der Waals surface area contributed by atoms with Crippen LogP contribution in [0.25, 0.3) is 0 Å². The van der Waals surface area contributed by atoms with Gasteiger partial charge in [-0.2, -0.15) is 23.5 Å². The maximum atomic E-state index is 12.3. The molecule has 2 aliphatic heterocycles. The number of rotatable bonds is 17. The van der Waals surface area contributed by atoms with Crippen LogP contribution < -0.4 is 30.6 Å². The van der Waals surface area contributed by atoms with Gasteiger partial charge in [0.2, 0.25) is 0 Å². The molecule has 0 saturated carbocycles. The van der Waals surface area contributed by atoms with E-state index in [1.807, 2.05) is 31.2 Å². The lowest BCUT2D eigenvalue weighted by atomic mass is 10.2. The van der Waals surface area contributed by atoms with E-state index in [0.29, 0.717) is 22.1 Å². The molecule has 0 bridgehead atoms. The summed E-state index contributed by atoms with van der Waals surface area (Å²) >= 11 is 3.33. The van der Waals surface area contributed by atoms with E-state index in [2.05, 4.69) is 13.3 Å². The molecule has 2 fully saturated rings. The molecule has 2 unspecified atom stereocenters. The SMILES string of the molecule is Cc1ccc(Oc2ccc(S(=O)(=O)CC3CS3)cc2)cc1.Cc1oc(=O)oc1COC(=O)Oc1ccc(Oc2ccc(S(=O)(=O)CC3CS3)cc2)cc1.Cc1oc(=O)oc1COC(=O)Oc1ccc([N+](=O)[O-])cc1. The molecule has 0 amide bonds. The zero-order chi connectivity index (χ0) is 53.0. The second-order valence-corrected chi connectivity index (χ2v) is 22.5.